The smallest absolute Gasteiger partial charge is 0.320 e. The number of anilines is 4. The number of carboxylic acid groups (broad SMARTS) is 1. The van der Waals surface area contributed by atoms with Crippen molar-refractivity contribution in [3.8, 4) is 11.5 Å². The second-order valence-electron chi connectivity index (χ2n) is 13.1. The molecule has 0 aliphatic heterocycles. The zero-order chi connectivity index (χ0) is 43.5. The topological polar surface area (TPSA) is 176 Å². The molecule has 14 nitrogen and oxygen atoms in total. The third-order valence-corrected chi connectivity index (χ3v) is 9.92. The zero-order valence-electron chi connectivity index (χ0n) is 33.6. The molecule has 6 rings (SSSR count). The first kappa shape index (κ1) is 44.9. The molecule has 1 atom stereocenters. The molecule has 0 fully saturated rings. The maximum absolute atomic E-state index is 14.3. The number of nitrogens with one attached hydrogen (secondary N) is 3. The van der Waals surface area contributed by atoms with Gasteiger partial charge in [0.05, 0.1) is 52.4 Å². The van der Waals surface area contributed by atoms with Crippen molar-refractivity contribution in [3.05, 3.63) is 106 Å². The van der Waals surface area contributed by atoms with E-state index < -0.39 is 23.6 Å². The minimum atomic E-state index is -0.904. The Bertz CT molecular complexity index is 2550. The largest absolute Gasteiger partial charge is 0.496 e. The summed E-state index contributed by atoms with van der Waals surface area (Å²) >= 11 is 11.7. The van der Waals surface area contributed by atoms with E-state index in [1.165, 1.54) is 31.9 Å². The Morgan fingerprint density at radius 1 is 0.817 bits per heavy atom. The van der Waals surface area contributed by atoms with Gasteiger partial charge in [0.15, 0.2) is 11.6 Å². The number of aliphatic imine (C=N–C) groups is 1. The Morgan fingerprint density at radius 2 is 1.32 bits per heavy atom. The number of likely N-dealkylation sites (N-methyl/N-ethyl adjacent to an activating group) is 1. The standard InChI is InChI=1S/C21H21ClFN5O2.C21H22ClFN4O3/c1-4-24-12(2)21(29)25-10-13-8-14-17(9-18(13)30-3)26-11-27-20(14)28-16-7-5-6-15(22)19(16)23;1-4-27(12(2)21(28)29)10-13-8-14-17(9-18(13)30-3)24-11-25-20(14)26-16-7-5-6-15(22)19(16)23/h5-9,11H,4,10H2,1-3H3,(H,25,29)(H,26,27,28);5-9,11-12H,4,10H2,1-3H3,(H,28,29)(H,24,25,26)/t;12-/m.0/s1. The second-order valence-corrected chi connectivity index (χ2v) is 13.9. The summed E-state index contributed by atoms with van der Waals surface area (Å²) in [5, 5.41) is 19.4. The van der Waals surface area contributed by atoms with Crippen molar-refractivity contribution in [2.24, 2.45) is 4.99 Å². The van der Waals surface area contributed by atoms with Crippen molar-refractivity contribution in [3.63, 3.8) is 0 Å². The molecule has 18 heteroatoms. The number of hydrogen-bond acceptors (Lipinski definition) is 12. The Labute approximate surface area is 355 Å². The number of benzene rings is 4. The molecule has 0 spiro atoms. The lowest BCUT2D eigenvalue weighted by Gasteiger charge is -2.25. The average molecular weight is 863 g/mol. The molecule has 0 radical (unpaired) electrons. The number of amides is 1. The van der Waals surface area contributed by atoms with Crippen molar-refractivity contribution in [2.75, 3.05) is 37.9 Å². The number of ether oxygens (including phenoxy) is 2. The van der Waals surface area contributed by atoms with Gasteiger partial charge >= 0.3 is 5.97 Å². The van der Waals surface area contributed by atoms with Crippen molar-refractivity contribution >= 4 is 85.6 Å². The highest BCUT2D eigenvalue weighted by atomic mass is 35.5. The van der Waals surface area contributed by atoms with Crippen LogP contribution in [-0.2, 0) is 22.7 Å². The van der Waals surface area contributed by atoms with E-state index in [1.54, 1.807) is 68.3 Å². The number of halogens is 4. The molecule has 2 heterocycles. The molecular weight excluding hydrogens is 819 g/mol. The van der Waals surface area contributed by atoms with Crippen LogP contribution >= 0.6 is 23.2 Å². The summed E-state index contributed by atoms with van der Waals surface area (Å²) in [4.78, 5) is 46.5. The summed E-state index contributed by atoms with van der Waals surface area (Å²) in [5.74, 6) is -0.366. The van der Waals surface area contributed by atoms with E-state index in [0.717, 1.165) is 5.56 Å². The van der Waals surface area contributed by atoms with Gasteiger partial charge in [0, 0.05) is 53.7 Å². The predicted octanol–water partition coefficient (Wildman–Crippen LogP) is 8.74. The quantitative estimate of drug-likeness (QED) is 0.0724. The molecule has 4 aromatic carbocycles. The first-order valence-corrected chi connectivity index (χ1v) is 19.4. The minimum absolute atomic E-state index is 0.00182. The van der Waals surface area contributed by atoms with Crippen LogP contribution < -0.4 is 25.4 Å². The van der Waals surface area contributed by atoms with Crippen molar-refractivity contribution in [1.82, 2.24) is 30.2 Å². The molecule has 0 aliphatic rings. The van der Waals surface area contributed by atoms with Crippen LogP contribution in [0.15, 0.2) is 78.3 Å². The average Bonchev–Trinajstić information content (AvgIpc) is 3.24. The van der Waals surface area contributed by atoms with Gasteiger partial charge in [-0.3, -0.25) is 19.5 Å². The van der Waals surface area contributed by atoms with Gasteiger partial charge in [-0.05, 0) is 63.7 Å². The molecule has 60 heavy (non-hydrogen) atoms. The van der Waals surface area contributed by atoms with E-state index >= 15 is 0 Å². The highest BCUT2D eigenvalue weighted by Crippen LogP contribution is 2.34. The van der Waals surface area contributed by atoms with Gasteiger partial charge in [0.1, 0.15) is 41.8 Å². The number of aromatic nitrogens is 4. The normalized spacial score (nSPS) is 11.8. The van der Waals surface area contributed by atoms with Gasteiger partial charge in [-0.25, -0.2) is 28.7 Å². The monoisotopic (exact) mass is 861 g/mol. The molecule has 314 valence electrons. The lowest BCUT2D eigenvalue weighted by atomic mass is 10.1. The van der Waals surface area contributed by atoms with E-state index in [0.29, 0.717) is 75.9 Å². The molecule has 0 aliphatic carbocycles. The number of nitrogens with zero attached hydrogens (tertiary/aromatic N) is 6. The number of hydrogen-bond donors (Lipinski definition) is 4. The van der Waals surface area contributed by atoms with Crippen molar-refractivity contribution < 1.29 is 33.0 Å². The molecule has 0 saturated heterocycles. The van der Waals surface area contributed by atoms with Gasteiger partial charge in [0.25, 0.3) is 5.91 Å². The van der Waals surface area contributed by atoms with E-state index in [4.69, 9.17) is 32.7 Å². The third-order valence-electron chi connectivity index (χ3n) is 9.33. The number of rotatable bonds is 15. The highest BCUT2D eigenvalue weighted by molar-refractivity contribution is 6.37. The number of carbonyl (C=O) groups is 2. The van der Waals surface area contributed by atoms with Crippen molar-refractivity contribution in [1.29, 1.82) is 0 Å². The molecule has 1 amide bonds. The van der Waals surface area contributed by atoms with Gasteiger partial charge in [-0.2, -0.15) is 0 Å². The molecular formula is C42H43Cl2F2N9O5. The number of carbonyl (C=O) groups excluding carboxylic acids is 1. The summed E-state index contributed by atoms with van der Waals surface area (Å²) in [6.07, 6.45) is 2.75. The van der Waals surface area contributed by atoms with Crippen LogP contribution in [0.2, 0.25) is 10.0 Å². The third kappa shape index (κ3) is 10.7. The summed E-state index contributed by atoms with van der Waals surface area (Å²) in [5.41, 5.74) is 3.47. The maximum Gasteiger partial charge on any atom is 0.320 e. The fourth-order valence-corrected chi connectivity index (χ4v) is 6.41. The Balaban J connectivity index is 0.000000228. The van der Waals surface area contributed by atoms with E-state index in [2.05, 4.69) is 40.9 Å². The number of fused-ring (bicyclic) bond motifs is 2. The molecule has 2 aromatic heterocycles. The Morgan fingerprint density at radius 3 is 1.78 bits per heavy atom. The lowest BCUT2D eigenvalue weighted by Crippen LogP contribution is -2.38. The molecule has 0 unspecified atom stereocenters. The fourth-order valence-electron chi connectivity index (χ4n) is 6.06. The van der Waals surface area contributed by atoms with Crippen LogP contribution in [0, 0.1) is 11.6 Å². The number of carboxylic acids is 1. The minimum Gasteiger partial charge on any atom is -0.496 e. The first-order valence-electron chi connectivity index (χ1n) is 18.6. The van der Waals surface area contributed by atoms with Crippen LogP contribution in [0.5, 0.6) is 11.5 Å². The van der Waals surface area contributed by atoms with Crippen molar-refractivity contribution in [2.45, 2.75) is 46.8 Å². The highest BCUT2D eigenvalue weighted by Gasteiger charge is 2.22. The van der Waals surface area contributed by atoms with E-state index in [1.807, 2.05) is 19.9 Å². The maximum atomic E-state index is 14.3. The summed E-state index contributed by atoms with van der Waals surface area (Å²) in [6, 6.07) is 15.8. The van der Waals surface area contributed by atoms with Gasteiger partial charge in [0.2, 0.25) is 0 Å². The number of methoxy groups -OCH3 is 2. The summed E-state index contributed by atoms with van der Waals surface area (Å²) < 4.78 is 39.6. The van der Waals surface area contributed by atoms with Crippen LogP contribution in [0.25, 0.3) is 21.8 Å². The molecule has 0 bridgehead atoms. The molecule has 0 saturated carbocycles. The van der Waals surface area contributed by atoms with E-state index in [9.17, 15) is 23.5 Å². The first-order chi connectivity index (χ1) is 28.8. The van der Waals surface area contributed by atoms with Gasteiger partial charge < -0.3 is 30.5 Å². The van der Waals surface area contributed by atoms with E-state index in [-0.39, 0.29) is 33.9 Å². The number of aliphatic carboxylic acids is 1. The summed E-state index contributed by atoms with van der Waals surface area (Å²) in [7, 11) is 3.08. The molecule has 4 N–H and O–H groups in total. The van der Waals surface area contributed by atoms with Gasteiger partial charge in [-0.1, -0.05) is 42.3 Å². The Kier molecular flexibility index (Phi) is 15.4. The van der Waals surface area contributed by atoms with Gasteiger partial charge in [-0.15, -0.1) is 0 Å². The Hall–Kier alpha value is -6.23. The van der Waals surface area contributed by atoms with Crippen LogP contribution in [0.4, 0.5) is 31.8 Å². The van der Waals surface area contributed by atoms with Crippen LogP contribution in [0.1, 0.15) is 38.8 Å². The second kappa shape index (κ2) is 20.6. The summed E-state index contributed by atoms with van der Waals surface area (Å²) in [6.45, 7) is 8.69. The zero-order valence-corrected chi connectivity index (χ0v) is 35.1. The SMILES string of the molecule is CCN(Cc1cc2c(Nc3cccc(Cl)c3F)ncnc2cc1OC)[C@@H](C)C(=O)O.CCN=C(C)C(=O)NCc1cc2c(Nc3cccc(Cl)c3F)ncnc2cc1OC. The van der Waals surface area contributed by atoms with Crippen LogP contribution in [0.3, 0.4) is 0 Å². The lowest BCUT2D eigenvalue weighted by molar-refractivity contribution is -0.142. The predicted molar refractivity (Wildman–Crippen MR) is 230 cm³/mol. The fraction of sp³-hybridized carbons (Fsp3) is 0.262. The molecule has 6 aromatic rings. The van der Waals surface area contributed by atoms with Crippen LogP contribution in [-0.4, -0.2) is 80.9 Å².